The second-order valence-corrected chi connectivity index (χ2v) is 3.80. The summed E-state index contributed by atoms with van der Waals surface area (Å²) in [5.74, 6) is 1.10. The van der Waals surface area contributed by atoms with E-state index >= 15 is 0 Å². The summed E-state index contributed by atoms with van der Waals surface area (Å²) in [6.07, 6.45) is 0. The molecule has 0 fully saturated rings. The van der Waals surface area contributed by atoms with E-state index in [9.17, 15) is 0 Å². The van der Waals surface area contributed by atoms with Crippen LogP contribution in [-0.4, -0.2) is 14.2 Å². The third-order valence-corrected chi connectivity index (χ3v) is 2.56. The maximum Gasteiger partial charge on any atom is 0.148 e. The van der Waals surface area contributed by atoms with Crippen molar-refractivity contribution in [3.05, 3.63) is 42.5 Å². The van der Waals surface area contributed by atoms with E-state index in [2.05, 4.69) is 10.2 Å². The van der Waals surface area contributed by atoms with Crippen LogP contribution in [0.25, 0.3) is 0 Å². The average Bonchev–Trinajstić information content (AvgIpc) is 2.46. The molecule has 5 heteroatoms. The predicted octanol–water partition coefficient (Wildman–Crippen LogP) is 3.70. The van der Waals surface area contributed by atoms with Crippen LogP contribution in [-0.2, 0) is 0 Å². The van der Waals surface area contributed by atoms with Crippen LogP contribution in [0.4, 0.5) is 17.1 Å². The van der Waals surface area contributed by atoms with Crippen LogP contribution < -0.4 is 15.2 Å². The number of anilines is 1. The quantitative estimate of drug-likeness (QED) is 0.670. The Morgan fingerprint density at radius 1 is 0.895 bits per heavy atom. The molecule has 19 heavy (non-hydrogen) atoms. The van der Waals surface area contributed by atoms with Crippen molar-refractivity contribution >= 4 is 17.1 Å². The fourth-order valence-electron chi connectivity index (χ4n) is 1.59. The highest BCUT2D eigenvalue weighted by molar-refractivity contribution is 5.66. The van der Waals surface area contributed by atoms with E-state index in [1.54, 1.807) is 26.4 Å². The molecule has 0 heterocycles. The topological polar surface area (TPSA) is 69.2 Å². The Hall–Kier alpha value is -2.56. The van der Waals surface area contributed by atoms with Crippen molar-refractivity contribution in [2.45, 2.75) is 0 Å². The molecule has 0 saturated heterocycles. The van der Waals surface area contributed by atoms with Crippen LogP contribution in [0, 0.1) is 0 Å². The van der Waals surface area contributed by atoms with Gasteiger partial charge in [-0.3, -0.25) is 0 Å². The third kappa shape index (κ3) is 3.01. The highest BCUT2D eigenvalue weighted by Gasteiger charge is 2.08. The molecule has 0 aliphatic rings. The number of nitrogens with two attached hydrogens (primary N) is 1. The van der Waals surface area contributed by atoms with Crippen LogP contribution in [0.3, 0.4) is 0 Å². The van der Waals surface area contributed by atoms with Crippen molar-refractivity contribution in [3.63, 3.8) is 0 Å². The maximum absolute atomic E-state index is 5.81. The van der Waals surface area contributed by atoms with Crippen LogP contribution in [0.2, 0.25) is 0 Å². The van der Waals surface area contributed by atoms with E-state index in [-0.39, 0.29) is 0 Å². The Labute approximate surface area is 111 Å². The minimum absolute atomic E-state index is 0.498. The lowest BCUT2D eigenvalue weighted by Gasteiger charge is -2.09. The van der Waals surface area contributed by atoms with Gasteiger partial charge in [-0.1, -0.05) is 18.2 Å². The van der Waals surface area contributed by atoms with Gasteiger partial charge in [0.15, 0.2) is 0 Å². The highest BCUT2D eigenvalue weighted by Crippen LogP contribution is 2.37. The first-order valence-electron chi connectivity index (χ1n) is 5.73. The zero-order chi connectivity index (χ0) is 13.7. The zero-order valence-corrected chi connectivity index (χ0v) is 10.8. The number of rotatable bonds is 4. The lowest BCUT2D eigenvalue weighted by Crippen LogP contribution is -1.93. The van der Waals surface area contributed by atoms with Crippen molar-refractivity contribution in [1.82, 2.24) is 0 Å². The highest BCUT2D eigenvalue weighted by atomic mass is 16.5. The van der Waals surface area contributed by atoms with Crippen LogP contribution in [0.1, 0.15) is 0 Å². The van der Waals surface area contributed by atoms with Crippen LogP contribution in [0.5, 0.6) is 11.5 Å². The number of nitrogen functional groups attached to an aromatic ring is 1. The summed E-state index contributed by atoms with van der Waals surface area (Å²) < 4.78 is 10.4. The number of ether oxygens (including phenoxy) is 2. The van der Waals surface area contributed by atoms with E-state index in [0.717, 1.165) is 5.69 Å². The molecule has 0 spiro atoms. The molecule has 0 aromatic heterocycles. The van der Waals surface area contributed by atoms with E-state index in [0.29, 0.717) is 22.9 Å². The van der Waals surface area contributed by atoms with Gasteiger partial charge in [0.1, 0.15) is 17.2 Å². The molecule has 0 aliphatic carbocycles. The normalized spacial score (nSPS) is 10.6. The SMILES string of the molecule is COc1cc(N=Nc2ccccc2)c(OC)cc1N. The molecular formula is C14H15N3O2. The van der Waals surface area contributed by atoms with Gasteiger partial charge in [-0.15, -0.1) is 5.11 Å². The molecule has 2 N–H and O–H groups in total. The second kappa shape index (κ2) is 5.86. The van der Waals surface area contributed by atoms with Crippen LogP contribution >= 0.6 is 0 Å². The number of methoxy groups -OCH3 is 2. The Morgan fingerprint density at radius 3 is 2.21 bits per heavy atom. The third-order valence-electron chi connectivity index (χ3n) is 2.56. The summed E-state index contributed by atoms with van der Waals surface area (Å²) >= 11 is 0. The number of azo groups is 1. The molecule has 0 amide bonds. The summed E-state index contributed by atoms with van der Waals surface area (Å²) in [5, 5.41) is 8.30. The summed E-state index contributed by atoms with van der Waals surface area (Å²) in [6.45, 7) is 0. The summed E-state index contributed by atoms with van der Waals surface area (Å²) in [7, 11) is 3.11. The molecule has 0 bridgehead atoms. The van der Waals surface area contributed by atoms with Gasteiger partial charge < -0.3 is 15.2 Å². The number of benzene rings is 2. The van der Waals surface area contributed by atoms with Crippen LogP contribution in [0.15, 0.2) is 52.7 Å². The van der Waals surface area contributed by atoms with E-state index < -0.39 is 0 Å². The lowest BCUT2D eigenvalue weighted by atomic mass is 10.2. The zero-order valence-electron chi connectivity index (χ0n) is 10.8. The Bertz CT molecular complexity index is 583. The number of nitrogens with zero attached hydrogens (tertiary/aromatic N) is 2. The number of hydrogen-bond donors (Lipinski definition) is 1. The monoisotopic (exact) mass is 257 g/mol. The van der Waals surface area contributed by atoms with E-state index in [4.69, 9.17) is 15.2 Å². The Morgan fingerprint density at radius 2 is 1.58 bits per heavy atom. The van der Waals surface area contributed by atoms with Gasteiger partial charge in [0.25, 0.3) is 0 Å². The molecular weight excluding hydrogens is 242 g/mol. The molecule has 2 rings (SSSR count). The van der Waals surface area contributed by atoms with Crippen molar-refractivity contribution < 1.29 is 9.47 Å². The summed E-state index contributed by atoms with van der Waals surface area (Å²) in [5.41, 5.74) is 7.64. The van der Waals surface area contributed by atoms with E-state index in [1.807, 2.05) is 30.3 Å². The largest absolute Gasteiger partial charge is 0.495 e. The van der Waals surface area contributed by atoms with Gasteiger partial charge in [-0.05, 0) is 12.1 Å². The summed E-state index contributed by atoms with van der Waals surface area (Å²) in [6, 6.07) is 12.8. The van der Waals surface area contributed by atoms with Crippen molar-refractivity contribution in [2.75, 3.05) is 20.0 Å². The second-order valence-electron chi connectivity index (χ2n) is 3.80. The first kappa shape index (κ1) is 12.9. The van der Waals surface area contributed by atoms with Crippen molar-refractivity contribution in [1.29, 1.82) is 0 Å². The Balaban J connectivity index is 2.36. The predicted molar refractivity (Wildman–Crippen MR) is 74.6 cm³/mol. The molecule has 0 aliphatic heterocycles. The van der Waals surface area contributed by atoms with Gasteiger partial charge in [-0.2, -0.15) is 5.11 Å². The smallest absolute Gasteiger partial charge is 0.148 e. The van der Waals surface area contributed by atoms with Gasteiger partial charge >= 0.3 is 0 Å². The lowest BCUT2D eigenvalue weighted by molar-refractivity contribution is 0.406. The fourth-order valence-corrected chi connectivity index (χ4v) is 1.59. The molecule has 0 atom stereocenters. The van der Waals surface area contributed by atoms with Gasteiger partial charge in [0.2, 0.25) is 0 Å². The molecule has 2 aromatic rings. The average molecular weight is 257 g/mol. The van der Waals surface area contributed by atoms with Crippen molar-refractivity contribution in [3.8, 4) is 11.5 Å². The molecule has 0 unspecified atom stereocenters. The first-order chi connectivity index (χ1) is 9.24. The first-order valence-corrected chi connectivity index (χ1v) is 5.73. The van der Waals surface area contributed by atoms with Crippen molar-refractivity contribution in [2.24, 2.45) is 10.2 Å². The Kier molecular flexibility index (Phi) is 3.97. The molecule has 2 aromatic carbocycles. The van der Waals surface area contributed by atoms with E-state index in [1.165, 1.54) is 0 Å². The minimum Gasteiger partial charge on any atom is -0.495 e. The molecule has 0 radical (unpaired) electrons. The summed E-state index contributed by atoms with van der Waals surface area (Å²) in [4.78, 5) is 0. The van der Waals surface area contributed by atoms with Gasteiger partial charge in [0, 0.05) is 12.1 Å². The molecule has 5 nitrogen and oxygen atoms in total. The maximum atomic E-state index is 5.81. The standard InChI is InChI=1S/C14H15N3O2/c1-18-13-9-12(14(19-2)8-11(13)15)17-16-10-6-4-3-5-7-10/h3-9H,15H2,1-2H3. The number of hydrogen-bond acceptors (Lipinski definition) is 5. The van der Waals surface area contributed by atoms with Gasteiger partial charge in [0.05, 0.1) is 25.6 Å². The molecule has 98 valence electrons. The molecule has 0 saturated carbocycles. The fraction of sp³-hybridized carbons (Fsp3) is 0.143. The van der Waals surface area contributed by atoms with Gasteiger partial charge in [-0.25, -0.2) is 0 Å². The minimum atomic E-state index is 0.498.